The third kappa shape index (κ3) is 3.89. The van der Waals surface area contributed by atoms with Crippen LogP contribution in [0.25, 0.3) is 0 Å². The molecular formula is C16H18ClN3O2. The topological polar surface area (TPSA) is 77.1 Å². The molecule has 1 unspecified atom stereocenters. The van der Waals surface area contributed by atoms with E-state index >= 15 is 0 Å². The smallest absolute Gasteiger partial charge is 0.251 e. The standard InChI is InChI=1S/C16H18ClN3O2/c1-2-3-14(20-10-11(17)4-9-15(20)21)16(22)19-13-7-5-12(18)6-8-13/h4-10,14H,2-3,18H2,1H3,(H,19,22). The average molecular weight is 320 g/mol. The SMILES string of the molecule is CCCC(C(=O)Nc1ccc(N)cc1)n1cc(Cl)ccc1=O. The van der Waals surface area contributed by atoms with E-state index in [1.54, 1.807) is 24.3 Å². The molecule has 2 aromatic rings. The first-order valence-corrected chi connectivity index (χ1v) is 7.43. The minimum atomic E-state index is -0.603. The van der Waals surface area contributed by atoms with Gasteiger partial charge in [-0.05, 0) is 36.8 Å². The summed E-state index contributed by atoms with van der Waals surface area (Å²) in [4.78, 5) is 24.5. The Morgan fingerprint density at radius 2 is 1.95 bits per heavy atom. The zero-order valence-electron chi connectivity index (χ0n) is 12.3. The molecule has 116 valence electrons. The molecule has 0 radical (unpaired) electrons. The van der Waals surface area contributed by atoms with Gasteiger partial charge in [0.2, 0.25) is 5.91 Å². The molecule has 1 heterocycles. The Morgan fingerprint density at radius 3 is 2.59 bits per heavy atom. The molecule has 0 aliphatic carbocycles. The molecule has 3 N–H and O–H groups in total. The van der Waals surface area contributed by atoms with Crippen molar-refractivity contribution in [2.45, 2.75) is 25.8 Å². The van der Waals surface area contributed by atoms with E-state index in [0.717, 1.165) is 6.42 Å². The van der Waals surface area contributed by atoms with Crippen LogP contribution >= 0.6 is 11.6 Å². The van der Waals surface area contributed by atoms with Gasteiger partial charge in [-0.2, -0.15) is 0 Å². The Hall–Kier alpha value is -2.27. The Kier molecular flexibility index (Phi) is 5.22. The number of carbonyl (C=O) groups is 1. The first-order chi connectivity index (χ1) is 10.5. The van der Waals surface area contributed by atoms with Gasteiger partial charge in [-0.1, -0.05) is 24.9 Å². The van der Waals surface area contributed by atoms with Crippen LogP contribution in [0, 0.1) is 0 Å². The van der Waals surface area contributed by atoms with Crippen LogP contribution in [0.15, 0.2) is 47.4 Å². The second kappa shape index (κ2) is 7.13. The van der Waals surface area contributed by atoms with E-state index in [-0.39, 0.29) is 11.5 Å². The summed E-state index contributed by atoms with van der Waals surface area (Å²) in [6, 6.07) is 9.12. The van der Waals surface area contributed by atoms with Crippen molar-refractivity contribution in [3.63, 3.8) is 0 Å². The van der Waals surface area contributed by atoms with Crippen molar-refractivity contribution in [2.24, 2.45) is 0 Å². The fourth-order valence-electron chi connectivity index (χ4n) is 2.18. The number of halogens is 1. The average Bonchev–Trinajstić information content (AvgIpc) is 2.50. The van der Waals surface area contributed by atoms with E-state index in [9.17, 15) is 9.59 Å². The lowest BCUT2D eigenvalue weighted by atomic mass is 10.1. The van der Waals surface area contributed by atoms with Gasteiger partial charge in [0.1, 0.15) is 6.04 Å². The van der Waals surface area contributed by atoms with Crippen LogP contribution in [0.4, 0.5) is 11.4 Å². The van der Waals surface area contributed by atoms with E-state index in [0.29, 0.717) is 22.8 Å². The third-order valence-electron chi connectivity index (χ3n) is 3.28. The minimum absolute atomic E-state index is 0.254. The summed E-state index contributed by atoms with van der Waals surface area (Å²) in [7, 11) is 0. The molecule has 0 bridgehead atoms. The predicted octanol–water partition coefficient (Wildman–Crippen LogP) is 3.06. The van der Waals surface area contributed by atoms with Gasteiger partial charge in [-0.15, -0.1) is 0 Å². The fraction of sp³-hybridized carbons (Fsp3) is 0.250. The minimum Gasteiger partial charge on any atom is -0.399 e. The molecule has 1 atom stereocenters. The Labute approximate surface area is 133 Å². The molecular weight excluding hydrogens is 302 g/mol. The van der Waals surface area contributed by atoms with Crippen LogP contribution < -0.4 is 16.6 Å². The number of hydrogen-bond acceptors (Lipinski definition) is 3. The first kappa shape index (κ1) is 16.1. The number of hydrogen-bond donors (Lipinski definition) is 2. The number of carbonyl (C=O) groups excluding carboxylic acids is 1. The van der Waals surface area contributed by atoms with E-state index in [2.05, 4.69) is 5.32 Å². The largest absolute Gasteiger partial charge is 0.399 e. The second-order valence-corrected chi connectivity index (χ2v) is 5.44. The number of aromatic nitrogens is 1. The number of nitrogens with two attached hydrogens (primary N) is 1. The van der Waals surface area contributed by atoms with Crippen LogP contribution in [-0.2, 0) is 4.79 Å². The summed E-state index contributed by atoms with van der Waals surface area (Å²) in [5.41, 5.74) is 6.62. The maximum Gasteiger partial charge on any atom is 0.251 e. The van der Waals surface area contributed by atoms with Gasteiger partial charge in [0.05, 0.1) is 5.02 Å². The number of nitrogen functional groups attached to an aromatic ring is 1. The highest BCUT2D eigenvalue weighted by Gasteiger charge is 2.20. The van der Waals surface area contributed by atoms with Crippen molar-refractivity contribution in [3.05, 3.63) is 58.0 Å². The maximum atomic E-state index is 12.5. The molecule has 0 aliphatic rings. The van der Waals surface area contributed by atoms with Crippen molar-refractivity contribution in [1.29, 1.82) is 0 Å². The van der Waals surface area contributed by atoms with Crippen molar-refractivity contribution in [3.8, 4) is 0 Å². The lowest BCUT2D eigenvalue weighted by molar-refractivity contribution is -0.119. The van der Waals surface area contributed by atoms with Gasteiger partial charge in [0.25, 0.3) is 5.56 Å². The van der Waals surface area contributed by atoms with E-state index in [1.165, 1.54) is 22.9 Å². The van der Waals surface area contributed by atoms with E-state index in [1.807, 2.05) is 6.92 Å². The van der Waals surface area contributed by atoms with Gasteiger partial charge in [0.15, 0.2) is 0 Å². The van der Waals surface area contributed by atoms with Crippen LogP contribution in [0.3, 0.4) is 0 Å². The first-order valence-electron chi connectivity index (χ1n) is 7.05. The Bertz CT molecular complexity index is 710. The number of pyridine rings is 1. The van der Waals surface area contributed by atoms with Gasteiger partial charge in [0, 0.05) is 23.6 Å². The number of anilines is 2. The lowest BCUT2D eigenvalue weighted by Gasteiger charge is -2.19. The summed E-state index contributed by atoms with van der Waals surface area (Å²) >= 11 is 5.94. The molecule has 0 fully saturated rings. The normalized spacial score (nSPS) is 11.9. The summed E-state index contributed by atoms with van der Waals surface area (Å²) in [6.07, 6.45) is 2.80. The van der Waals surface area contributed by atoms with E-state index in [4.69, 9.17) is 17.3 Å². The van der Waals surface area contributed by atoms with E-state index < -0.39 is 6.04 Å². The Balaban J connectivity index is 2.27. The molecule has 1 aromatic carbocycles. The molecule has 22 heavy (non-hydrogen) atoms. The molecule has 0 aliphatic heterocycles. The van der Waals surface area contributed by atoms with Gasteiger partial charge < -0.3 is 15.6 Å². The molecule has 1 aromatic heterocycles. The number of nitrogens with one attached hydrogen (secondary N) is 1. The van der Waals surface area contributed by atoms with Crippen molar-refractivity contribution in [1.82, 2.24) is 4.57 Å². The van der Waals surface area contributed by atoms with Crippen molar-refractivity contribution < 1.29 is 4.79 Å². The molecule has 5 nitrogen and oxygen atoms in total. The summed E-state index contributed by atoms with van der Waals surface area (Å²) in [6.45, 7) is 1.96. The van der Waals surface area contributed by atoms with Crippen LogP contribution in [0.1, 0.15) is 25.8 Å². The molecule has 0 saturated carbocycles. The van der Waals surface area contributed by atoms with Crippen molar-refractivity contribution in [2.75, 3.05) is 11.1 Å². The number of nitrogens with zero attached hydrogens (tertiary/aromatic N) is 1. The second-order valence-electron chi connectivity index (χ2n) is 5.01. The lowest BCUT2D eigenvalue weighted by Crippen LogP contribution is -2.32. The highest BCUT2D eigenvalue weighted by Crippen LogP contribution is 2.18. The predicted molar refractivity (Wildman–Crippen MR) is 89.1 cm³/mol. The van der Waals surface area contributed by atoms with Gasteiger partial charge in [-0.25, -0.2) is 0 Å². The highest BCUT2D eigenvalue weighted by molar-refractivity contribution is 6.30. The van der Waals surface area contributed by atoms with Crippen LogP contribution in [-0.4, -0.2) is 10.5 Å². The zero-order valence-corrected chi connectivity index (χ0v) is 13.0. The summed E-state index contributed by atoms with van der Waals surface area (Å²) in [5, 5.41) is 3.22. The maximum absolute atomic E-state index is 12.5. The van der Waals surface area contributed by atoms with Gasteiger partial charge in [-0.3, -0.25) is 9.59 Å². The zero-order chi connectivity index (χ0) is 16.1. The van der Waals surface area contributed by atoms with Gasteiger partial charge >= 0.3 is 0 Å². The molecule has 2 rings (SSSR count). The third-order valence-corrected chi connectivity index (χ3v) is 3.50. The quantitative estimate of drug-likeness (QED) is 0.831. The van der Waals surface area contributed by atoms with Crippen LogP contribution in [0.5, 0.6) is 0 Å². The molecule has 1 amide bonds. The number of amides is 1. The Morgan fingerprint density at radius 1 is 1.27 bits per heavy atom. The number of benzene rings is 1. The number of rotatable bonds is 5. The fourth-order valence-corrected chi connectivity index (χ4v) is 2.35. The molecule has 6 heteroatoms. The van der Waals surface area contributed by atoms with Crippen molar-refractivity contribution >= 4 is 28.9 Å². The summed E-state index contributed by atoms with van der Waals surface area (Å²) in [5.74, 6) is -0.254. The van der Waals surface area contributed by atoms with Crippen LogP contribution in [0.2, 0.25) is 5.02 Å². The molecule has 0 saturated heterocycles. The monoisotopic (exact) mass is 319 g/mol. The summed E-state index contributed by atoms with van der Waals surface area (Å²) < 4.78 is 1.37. The molecule has 0 spiro atoms. The highest BCUT2D eigenvalue weighted by atomic mass is 35.5.